The van der Waals surface area contributed by atoms with Crippen LogP contribution in [0, 0.1) is 5.41 Å². The fourth-order valence-electron chi connectivity index (χ4n) is 1.75. The van der Waals surface area contributed by atoms with Crippen LogP contribution in [0.5, 0.6) is 5.75 Å². The summed E-state index contributed by atoms with van der Waals surface area (Å²) >= 11 is 0. The second-order valence-electron chi connectivity index (χ2n) is 6.04. The molecule has 0 radical (unpaired) electrons. The van der Waals surface area contributed by atoms with E-state index in [9.17, 15) is 5.11 Å². The number of benzene rings is 1. The molecule has 1 atom stereocenters. The molecule has 0 aliphatic carbocycles. The number of aromatic hydroxyl groups is 1. The van der Waals surface area contributed by atoms with Crippen molar-refractivity contribution in [1.82, 2.24) is 5.32 Å². The van der Waals surface area contributed by atoms with Crippen molar-refractivity contribution in [3.05, 3.63) is 29.8 Å². The van der Waals surface area contributed by atoms with Crippen LogP contribution >= 0.6 is 0 Å². The Balaban J connectivity index is 2.30. The van der Waals surface area contributed by atoms with E-state index < -0.39 is 0 Å². The molecule has 2 heteroatoms. The van der Waals surface area contributed by atoms with Gasteiger partial charge in [0.05, 0.1) is 0 Å². The van der Waals surface area contributed by atoms with Crippen LogP contribution in [0.25, 0.3) is 0 Å². The largest absolute Gasteiger partial charge is 0.508 e. The number of hydrogen-bond acceptors (Lipinski definition) is 2. The SMILES string of the molecule is CC(Cc1ccc(O)cc1)NCCC(C)(C)C. The van der Waals surface area contributed by atoms with Gasteiger partial charge in [-0.1, -0.05) is 32.9 Å². The molecular weight excluding hydrogens is 210 g/mol. The van der Waals surface area contributed by atoms with Crippen molar-refractivity contribution in [2.45, 2.75) is 46.6 Å². The van der Waals surface area contributed by atoms with Gasteiger partial charge in [0.25, 0.3) is 0 Å². The van der Waals surface area contributed by atoms with Gasteiger partial charge in [0.15, 0.2) is 0 Å². The third kappa shape index (κ3) is 6.32. The summed E-state index contributed by atoms with van der Waals surface area (Å²) in [5.74, 6) is 0.335. The van der Waals surface area contributed by atoms with E-state index in [1.165, 1.54) is 12.0 Å². The molecule has 1 unspecified atom stereocenters. The topological polar surface area (TPSA) is 32.3 Å². The molecule has 0 saturated carbocycles. The molecule has 0 bridgehead atoms. The van der Waals surface area contributed by atoms with Crippen LogP contribution in [-0.2, 0) is 6.42 Å². The fourth-order valence-corrected chi connectivity index (χ4v) is 1.75. The van der Waals surface area contributed by atoms with E-state index in [0.717, 1.165) is 13.0 Å². The smallest absolute Gasteiger partial charge is 0.115 e. The van der Waals surface area contributed by atoms with Crippen LogP contribution in [0.15, 0.2) is 24.3 Å². The number of rotatable bonds is 5. The van der Waals surface area contributed by atoms with Crippen LogP contribution in [0.2, 0.25) is 0 Å². The summed E-state index contributed by atoms with van der Waals surface area (Å²) in [4.78, 5) is 0. The maximum absolute atomic E-state index is 9.21. The van der Waals surface area contributed by atoms with Crippen molar-refractivity contribution in [3.8, 4) is 5.75 Å². The molecule has 0 aromatic heterocycles. The highest BCUT2D eigenvalue weighted by Gasteiger charge is 2.10. The lowest BCUT2D eigenvalue weighted by molar-refractivity contribution is 0.356. The minimum absolute atomic E-state index is 0.335. The molecule has 0 aliphatic rings. The van der Waals surface area contributed by atoms with Crippen molar-refractivity contribution >= 4 is 0 Å². The Bertz CT molecular complexity index is 324. The number of phenolic OH excluding ortho intramolecular Hbond substituents is 1. The van der Waals surface area contributed by atoms with E-state index in [1.54, 1.807) is 12.1 Å². The molecule has 1 rings (SSSR count). The summed E-state index contributed by atoms with van der Waals surface area (Å²) in [5.41, 5.74) is 1.66. The molecule has 0 heterocycles. The van der Waals surface area contributed by atoms with Gasteiger partial charge in [0.1, 0.15) is 5.75 Å². The van der Waals surface area contributed by atoms with E-state index >= 15 is 0 Å². The highest BCUT2D eigenvalue weighted by atomic mass is 16.3. The lowest BCUT2D eigenvalue weighted by Gasteiger charge is -2.20. The molecule has 2 nitrogen and oxygen atoms in total. The average molecular weight is 235 g/mol. The molecule has 0 spiro atoms. The first-order chi connectivity index (χ1) is 7.87. The Labute approximate surface area is 105 Å². The van der Waals surface area contributed by atoms with Crippen molar-refractivity contribution < 1.29 is 5.11 Å². The molecule has 1 aromatic carbocycles. The quantitative estimate of drug-likeness (QED) is 0.820. The fraction of sp³-hybridized carbons (Fsp3) is 0.600. The second-order valence-corrected chi connectivity index (χ2v) is 6.04. The summed E-state index contributed by atoms with van der Waals surface area (Å²) in [7, 11) is 0. The first-order valence-electron chi connectivity index (χ1n) is 6.38. The molecule has 96 valence electrons. The third-order valence-corrected chi connectivity index (χ3v) is 2.85. The summed E-state index contributed by atoms with van der Waals surface area (Å²) in [6, 6.07) is 7.94. The van der Waals surface area contributed by atoms with Crippen molar-refractivity contribution in [1.29, 1.82) is 0 Å². The van der Waals surface area contributed by atoms with Crippen LogP contribution in [0.1, 0.15) is 39.7 Å². The van der Waals surface area contributed by atoms with Crippen molar-refractivity contribution in [2.75, 3.05) is 6.54 Å². The van der Waals surface area contributed by atoms with Gasteiger partial charge in [-0.25, -0.2) is 0 Å². The zero-order valence-corrected chi connectivity index (χ0v) is 11.5. The van der Waals surface area contributed by atoms with E-state index in [4.69, 9.17) is 0 Å². The predicted octanol–water partition coefficient (Wildman–Crippen LogP) is 3.35. The zero-order chi connectivity index (χ0) is 12.9. The minimum atomic E-state index is 0.335. The Kier molecular flexibility index (Phi) is 5.01. The molecular formula is C15H25NO. The zero-order valence-electron chi connectivity index (χ0n) is 11.5. The normalized spacial score (nSPS) is 13.6. The van der Waals surface area contributed by atoms with Gasteiger partial charge < -0.3 is 10.4 Å². The molecule has 0 saturated heterocycles. The van der Waals surface area contributed by atoms with Crippen LogP contribution in [-0.4, -0.2) is 17.7 Å². The summed E-state index contributed by atoms with van der Waals surface area (Å²) < 4.78 is 0. The standard InChI is InChI=1S/C15H25NO/c1-12(16-10-9-15(2,3)4)11-13-5-7-14(17)8-6-13/h5-8,12,16-17H,9-11H2,1-4H3. The Hall–Kier alpha value is -1.02. The number of phenols is 1. The van der Waals surface area contributed by atoms with Crippen LogP contribution in [0.3, 0.4) is 0 Å². The van der Waals surface area contributed by atoms with E-state index in [0.29, 0.717) is 17.2 Å². The summed E-state index contributed by atoms with van der Waals surface area (Å²) in [5, 5.41) is 12.7. The van der Waals surface area contributed by atoms with Crippen molar-refractivity contribution in [3.63, 3.8) is 0 Å². The highest BCUT2D eigenvalue weighted by Crippen LogP contribution is 2.17. The molecule has 0 amide bonds. The van der Waals surface area contributed by atoms with Gasteiger partial charge in [-0.05, 0) is 49.4 Å². The first kappa shape index (κ1) is 14.0. The van der Waals surface area contributed by atoms with Crippen LogP contribution in [0.4, 0.5) is 0 Å². The molecule has 2 N–H and O–H groups in total. The van der Waals surface area contributed by atoms with E-state index in [2.05, 4.69) is 33.0 Å². The number of nitrogens with one attached hydrogen (secondary N) is 1. The second kappa shape index (κ2) is 6.06. The van der Waals surface area contributed by atoms with Gasteiger partial charge in [0, 0.05) is 6.04 Å². The van der Waals surface area contributed by atoms with Crippen molar-refractivity contribution in [2.24, 2.45) is 5.41 Å². The Morgan fingerprint density at radius 2 is 1.76 bits per heavy atom. The maximum atomic E-state index is 9.21. The third-order valence-electron chi connectivity index (χ3n) is 2.85. The lowest BCUT2D eigenvalue weighted by Crippen LogP contribution is -2.30. The Morgan fingerprint density at radius 1 is 1.18 bits per heavy atom. The maximum Gasteiger partial charge on any atom is 0.115 e. The number of hydrogen-bond donors (Lipinski definition) is 2. The first-order valence-corrected chi connectivity index (χ1v) is 6.38. The predicted molar refractivity (Wildman–Crippen MR) is 73.3 cm³/mol. The average Bonchev–Trinajstić information content (AvgIpc) is 2.19. The molecule has 0 fully saturated rings. The highest BCUT2D eigenvalue weighted by molar-refractivity contribution is 5.26. The van der Waals surface area contributed by atoms with E-state index in [-0.39, 0.29) is 0 Å². The summed E-state index contributed by atoms with van der Waals surface area (Å²) in [6.45, 7) is 10.1. The molecule has 17 heavy (non-hydrogen) atoms. The molecule has 0 aliphatic heterocycles. The van der Waals surface area contributed by atoms with Gasteiger partial charge in [-0.3, -0.25) is 0 Å². The van der Waals surface area contributed by atoms with Gasteiger partial charge >= 0.3 is 0 Å². The van der Waals surface area contributed by atoms with Gasteiger partial charge in [0.2, 0.25) is 0 Å². The van der Waals surface area contributed by atoms with Gasteiger partial charge in [-0.15, -0.1) is 0 Å². The van der Waals surface area contributed by atoms with Crippen LogP contribution < -0.4 is 5.32 Å². The minimum Gasteiger partial charge on any atom is -0.508 e. The Morgan fingerprint density at radius 3 is 2.29 bits per heavy atom. The lowest BCUT2D eigenvalue weighted by atomic mass is 9.92. The van der Waals surface area contributed by atoms with E-state index in [1.807, 2.05) is 12.1 Å². The monoisotopic (exact) mass is 235 g/mol. The molecule has 1 aromatic rings. The van der Waals surface area contributed by atoms with Gasteiger partial charge in [-0.2, -0.15) is 0 Å². The summed E-state index contributed by atoms with van der Waals surface area (Å²) in [6.07, 6.45) is 2.19.